The molecule has 0 spiro atoms. The number of hydrogen-bond donors (Lipinski definition) is 2. The highest BCUT2D eigenvalue weighted by molar-refractivity contribution is 5.95. The summed E-state index contributed by atoms with van der Waals surface area (Å²) in [6.45, 7) is 0. The fourth-order valence-electron chi connectivity index (χ4n) is 2.74. The minimum atomic E-state index is -0.787. The molecule has 0 unspecified atom stereocenters. The van der Waals surface area contributed by atoms with Gasteiger partial charge in [0.1, 0.15) is 12.7 Å². The van der Waals surface area contributed by atoms with Crippen LogP contribution in [0.4, 0.5) is 0 Å². The molecule has 7 nitrogen and oxygen atoms in total. The molecule has 1 aliphatic rings. The van der Waals surface area contributed by atoms with Crippen LogP contribution in [0.2, 0.25) is 0 Å². The van der Waals surface area contributed by atoms with E-state index in [-0.39, 0.29) is 17.9 Å². The molecule has 0 saturated heterocycles. The first-order chi connectivity index (χ1) is 10.6. The van der Waals surface area contributed by atoms with E-state index in [1.807, 2.05) is 6.07 Å². The molecular weight excluding hydrogens is 284 g/mol. The first kappa shape index (κ1) is 14.2. The minimum Gasteiger partial charge on any atom is -0.481 e. The lowest BCUT2D eigenvalue weighted by Crippen LogP contribution is -2.33. The maximum atomic E-state index is 12.3. The molecule has 0 aliphatic heterocycles. The van der Waals surface area contributed by atoms with Gasteiger partial charge in [-0.2, -0.15) is 5.10 Å². The van der Waals surface area contributed by atoms with Crippen molar-refractivity contribution in [2.24, 2.45) is 5.92 Å². The first-order valence-corrected chi connectivity index (χ1v) is 7.12. The van der Waals surface area contributed by atoms with Crippen LogP contribution in [0.5, 0.6) is 0 Å². The summed E-state index contributed by atoms with van der Waals surface area (Å²) in [5.41, 5.74) is 1.27. The third-order valence-corrected chi connectivity index (χ3v) is 3.91. The smallest absolute Gasteiger partial charge is 0.306 e. The van der Waals surface area contributed by atoms with Gasteiger partial charge in [-0.3, -0.25) is 9.59 Å². The molecule has 114 valence electrons. The summed E-state index contributed by atoms with van der Waals surface area (Å²) in [7, 11) is 0. The highest BCUT2D eigenvalue weighted by Gasteiger charge is 2.30. The zero-order valence-electron chi connectivity index (χ0n) is 11.8. The molecule has 1 aromatic carbocycles. The van der Waals surface area contributed by atoms with Crippen LogP contribution in [-0.4, -0.2) is 37.8 Å². The van der Waals surface area contributed by atoms with Crippen LogP contribution in [-0.2, 0) is 4.79 Å². The summed E-state index contributed by atoms with van der Waals surface area (Å²) in [4.78, 5) is 27.1. The van der Waals surface area contributed by atoms with Gasteiger partial charge in [-0.15, -0.1) is 0 Å². The van der Waals surface area contributed by atoms with Crippen LogP contribution in [0.15, 0.2) is 36.9 Å². The van der Waals surface area contributed by atoms with Crippen LogP contribution < -0.4 is 5.32 Å². The van der Waals surface area contributed by atoms with Crippen LogP contribution in [0.25, 0.3) is 5.69 Å². The number of rotatable bonds is 4. The minimum absolute atomic E-state index is 0.0800. The van der Waals surface area contributed by atoms with Crippen molar-refractivity contribution in [3.8, 4) is 5.69 Å². The van der Waals surface area contributed by atoms with Crippen molar-refractivity contribution in [2.45, 2.75) is 25.3 Å². The van der Waals surface area contributed by atoms with Crippen LogP contribution >= 0.6 is 0 Å². The number of carbonyl (C=O) groups excluding carboxylic acids is 1. The van der Waals surface area contributed by atoms with E-state index in [0.29, 0.717) is 24.8 Å². The van der Waals surface area contributed by atoms with E-state index < -0.39 is 5.97 Å². The Hall–Kier alpha value is -2.70. The zero-order valence-corrected chi connectivity index (χ0v) is 11.8. The van der Waals surface area contributed by atoms with Gasteiger partial charge in [0.2, 0.25) is 0 Å². The maximum Gasteiger partial charge on any atom is 0.306 e. The lowest BCUT2D eigenvalue weighted by Gasteiger charge is -2.13. The number of amides is 1. The highest BCUT2D eigenvalue weighted by Crippen LogP contribution is 2.26. The summed E-state index contributed by atoms with van der Waals surface area (Å²) in [6, 6.07) is 6.98. The van der Waals surface area contributed by atoms with Crippen molar-refractivity contribution in [1.29, 1.82) is 0 Å². The van der Waals surface area contributed by atoms with Gasteiger partial charge >= 0.3 is 5.97 Å². The number of nitrogens with zero attached hydrogens (tertiary/aromatic N) is 3. The Morgan fingerprint density at radius 3 is 2.86 bits per heavy atom. The molecule has 3 rings (SSSR count). The number of carboxylic acids is 1. The van der Waals surface area contributed by atoms with Gasteiger partial charge < -0.3 is 10.4 Å². The number of aliphatic carboxylic acids is 1. The van der Waals surface area contributed by atoms with Gasteiger partial charge in [0.25, 0.3) is 5.91 Å². The topological polar surface area (TPSA) is 97.1 Å². The predicted octanol–water partition coefficient (Wildman–Crippen LogP) is 1.25. The number of carbonyl (C=O) groups is 2. The van der Waals surface area contributed by atoms with E-state index in [9.17, 15) is 9.59 Å². The number of benzene rings is 1. The lowest BCUT2D eigenvalue weighted by atomic mass is 10.1. The van der Waals surface area contributed by atoms with Crippen molar-refractivity contribution >= 4 is 11.9 Å². The molecule has 7 heteroatoms. The number of hydrogen-bond acceptors (Lipinski definition) is 4. The van der Waals surface area contributed by atoms with Crippen LogP contribution in [0.3, 0.4) is 0 Å². The standard InChI is InChI=1S/C15H16N4O3/c20-14(18-12-5-4-11(6-12)15(21)22)10-2-1-3-13(7-10)19-9-16-8-17-19/h1-3,7-9,11-12H,4-6H2,(H,18,20)(H,21,22)/t11-,12+/m0/s1. The molecule has 1 fully saturated rings. The van der Waals surface area contributed by atoms with E-state index in [0.717, 1.165) is 5.69 Å². The molecule has 0 radical (unpaired) electrons. The van der Waals surface area contributed by atoms with E-state index in [4.69, 9.17) is 5.11 Å². The molecule has 2 atom stereocenters. The van der Waals surface area contributed by atoms with Crippen LogP contribution in [0, 0.1) is 5.92 Å². The Morgan fingerprint density at radius 2 is 2.18 bits per heavy atom. The van der Waals surface area contributed by atoms with Gasteiger partial charge in [0.05, 0.1) is 11.6 Å². The van der Waals surface area contributed by atoms with Crippen molar-refractivity contribution in [3.05, 3.63) is 42.5 Å². The molecule has 1 aromatic heterocycles. The van der Waals surface area contributed by atoms with Crippen molar-refractivity contribution in [2.75, 3.05) is 0 Å². The lowest BCUT2D eigenvalue weighted by molar-refractivity contribution is -0.141. The van der Waals surface area contributed by atoms with Crippen LogP contribution in [0.1, 0.15) is 29.6 Å². The van der Waals surface area contributed by atoms with Gasteiger partial charge in [0.15, 0.2) is 0 Å². The quantitative estimate of drug-likeness (QED) is 0.885. The van der Waals surface area contributed by atoms with Crippen molar-refractivity contribution in [3.63, 3.8) is 0 Å². The Bertz CT molecular complexity index is 684. The fraction of sp³-hybridized carbons (Fsp3) is 0.333. The number of carboxylic acid groups (broad SMARTS) is 1. The van der Waals surface area contributed by atoms with Gasteiger partial charge in [-0.25, -0.2) is 9.67 Å². The Morgan fingerprint density at radius 1 is 1.32 bits per heavy atom. The molecule has 2 aromatic rings. The number of nitrogens with one attached hydrogen (secondary N) is 1. The van der Waals surface area contributed by atoms with E-state index in [2.05, 4.69) is 15.4 Å². The second kappa shape index (κ2) is 5.97. The normalized spacial score (nSPS) is 20.7. The van der Waals surface area contributed by atoms with Crippen molar-refractivity contribution in [1.82, 2.24) is 20.1 Å². The molecule has 0 bridgehead atoms. The van der Waals surface area contributed by atoms with E-state index in [1.54, 1.807) is 29.2 Å². The third-order valence-electron chi connectivity index (χ3n) is 3.91. The van der Waals surface area contributed by atoms with Gasteiger partial charge in [-0.1, -0.05) is 6.07 Å². The SMILES string of the molecule is O=C(N[C@@H]1CC[C@H](C(=O)O)C1)c1cccc(-n2cncn2)c1. The molecule has 2 N–H and O–H groups in total. The Labute approximate surface area is 127 Å². The van der Waals surface area contributed by atoms with E-state index >= 15 is 0 Å². The first-order valence-electron chi connectivity index (χ1n) is 7.12. The molecule has 1 amide bonds. The molecule has 22 heavy (non-hydrogen) atoms. The number of aromatic nitrogens is 3. The molecular formula is C15H16N4O3. The summed E-state index contributed by atoms with van der Waals surface area (Å²) < 4.78 is 1.58. The summed E-state index contributed by atoms with van der Waals surface area (Å²) in [5, 5.41) is 15.9. The average molecular weight is 300 g/mol. The molecule has 1 saturated carbocycles. The fourth-order valence-corrected chi connectivity index (χ4v) is 2.74. The molecule has 1 aliphatic carbocycles. The third kappa shape index (κ3) is 2.98. The second-order valence-electron chi connectivity index (χ2n) is 5.41. The van der Waals surface area contributed by atoms with Crippen molar-refractivity contribution < 1.29 is 14.7 Å². The van der Waals surface area contributed by atoms with Gasteiger partial charge in [0, 0.05) is 11.6 Å². The molecule has 1 heterocycles. The van der Waals surface area contributed by atoms with Gasteiger partial charge in [-0.05, 0) is 37.5 Å². The van der Waals surface area contributed by atoms with E-state index in [1.165, 1.54) is 6.33 Å². The maximum absolute atomic E-state index is 12.3. The Kier molecular flexibility index (Phi) is 3.86. The Balaban J connectivity index is 1.68. The summed E-state index contributed by atoms with van der Waals surface area (Å²) in [6.07, 6.45) is 4.79. The average Bonchev–Trinajstić information content (AvgIpc) is 3.19. The summed E-state index contributed by atoms with van der Waals surface area (Å²) in [5.74, 6) is -1.34. The largest absolute Gasteiger partial charge is 0.481 e. The predicted molar refractivity (Wildman–Crippen MR) is 77.6 cm³/mol. The monoisotopic (exact) mass is 300 g/mol. The zero-order chi connectivity index (χ0) is 15.5. The highest BCUT2D eigenvalue weighted by atomic mass is 16.4. The second-order valence-corrected chi connectivity index (χ2v) is 5.41. The summed E-state index contributed by atoms with van der Waals surface area (Å²) >= 11 is 0.